The van der Waals surface area contributed by atoms with Crippen LogP contribution >= 0.6 is 0 Å². The number of carbonyl (C=O) groups is 3. The number of unbranched alkanes of at least 4 members (excludes halogenated alkanes) is 9. The Hall–Kier alpha value is -4.97. The molecule has 0 N–H and O–H groups in total. The molecule has 0 rings (SSSR count). The molecular weight excluding hydrogens is 853 g/mol. The van der Waals surface area contributed by atoms with Crippen molar-refractivity contribution in [3.63, 3.8) is 0 Å². The lowest BCUT2D eigenvalue weighted by Gasteiger charge is -2.18. The molecule has 69 heavy (non-hydrogen) atoms. The van der Waals surface area contributed by atoms with E-state index in [1.54, 1.807) is 0 Å². The van der Waals surface area contributed by atoms with E-state index in [0.29, 0.717) is 19.3 Å². The molecule has 6 nitrogen and oxygen atoms in total. The standard InChI is InChI=1S/C63H96O6/c1-4-7-10-13-16-19-22-25-28-30-31-33-35-38-41-44-47-50-53-56-62(65)68-59-60(58-67-61(64)55-52-49-46-43-40-37-34-27-24-21-18-15-12-9-6-3)69-63(66)57-54-51-48-45-42-39-36-32-29-26-23-20-17-14-11-8-5-2/h7,9-10,12,16-21,25-29,31,33-34,36,38-39,41,45,47-48,50,60H,4-6,8,11,13-15,22-24,30,32,35,37,40,42-44,46,49,51-59H2,1-3H3/b10-7-,12-9-,19-16-,20-17-,21-18-,28-25-,29-26-,33-31-,34-27-,39-36-,41-38-,48-45-,50-47-/t60-/m1/s1. The highest BCUT2D eigenvalue weighted by Gasteiger charge is 2.19. The maximum atomic E-state index is 12.8. The third-order valence-electron chi connectivity index (χ3n) is 10.5. The molecule has 0 saturated heterocycles. The first-order valence-corrected chi connectivity index (χ1v) is 27.0. The zero-order valence-electron chi connectivity index (χ0n) is 43.8. The highest BCUT2D eigenvalue weighted by molar-refractivity contribution is 5.71. The topological polar surface area (TPSA) is 78.9 Å². The van der Waals surface area contributed by atoms with Crippen molar-refractivity contribution in [3.05, 3.63) is 158 Å². The summed E-state index contributed by atoms with van der Waals surface area (Å²) in [6.07, 6.45) is 81.0. The van der Waals surface area contributed by atoms with Gasteiger partial charge < -0.3 is 14.2 Å². The summed E-state index contributed by atoms with van der Waals surface area (Å²) in [6, 6.07) is 0. The predicted molar refractivity (Wildman–Crippen MR) is 297 cm³/mol. The lowest BCUT2D eigenvalue weighted by molar-refractivity contribution is -0.166. The molecule has 0 aromatic carbocycles. The van der Waals surface area contributed by atoms with Crippen LogP contribution in [-0.2, 0) is 28.6 Å². The number of hydrogen-bond donors (Lipinski definition) is 0. The van der Waals surface area contributed by atoms with Gasteiger partial charge in [-0.1, -0.05) is 211 Å². The van der Waals surface area contributed by atoms with Crippen LogP contribution in [-0.4, -0.2) is 37.2 Å². The smallest absolute Gasteiger partial charge is 0.306 e. The van der Waals surface area contributed by atoms with E-state index in [1.807, 2.05) is 12.2 Å². The fourth-order valence-electron chi connectivity index (χ4n) is 6.53. The van der Waals surface area contributed by atoms with Crippen molar-refractivity contribution in [3.8, 4) is 0 Å². The van der Waals surface area contributed by atoms with Gasteiger partial charge in [0.25, 0.3) is 0 Å². The summed E-state index contributed by atoms with van der Waals surface area (Å²) in [7, 11) is 0. The van der Waals surface area contributed by atoms with Gasteiger partial charge in [-0.3, -0.25) is 14.4 Å². The molecule has 0 aromatic rings. The Balaban J connectivity index is 4.65. The molecule has 0 unspecified atom stereocenters. The van der Waals surface area contributed by atoms with Gasteiger partial charge in [-0.25, -0.2) is 0 Å². The highest BCUT2D eigenvalue weighted by atomic mass is 16.6. The Morgan fingerprint density at radius 1 is 0.304 bits per heavy atom. The molecule has 0 aromatic heterocycles. The van der Waals surface area contributed by atoms with Crippen LogP contribution in [0, 0.1) is 0 Å². The van der Waals surface area contributed by atoms with Gasteiger partial charge in [-0.15, -0.1) is 0 Å². The van der Waals surface area contributed by atoms with E-state index in [9.17, 15) is 14.4 Å². The van der Waals surface area contributed by atoms with Gasteiger partial charge in [-0.2, -0.15) is 0 Å². The first-order chi connectivity index (χ1) is 34.0. The van der Waals surface area contributed by atoms with Gasteiger partial charge in [0, 0.05) is 19.3 Å². The molecule has 0 fully saturated rings. The van der Waals surface area contributed by atoms with Gasteiger partial charge in [0.05, 0.1) is 0 Å². The van der Waals surface area contributed by atoms with E-state index in [-0.39, 0.29) is 38.0 Å². The molecule has 0 amide bonds. The van der Waals surface area contributed by atoms with Crippen LogP contribution in [0.15, 0.2) is 158 Å². The summed E-state index contributed by atoms with van der Waals surface area (Å²) in [5, 5.41) is 0. The zero-order valence-corrected chi connectivity index (χ0v) is 43.8. The first-order valence-electron chi connectivity index (χ1n) is 27.0. The quantitative estimate of drug-likeness (QED) is 0.0262. The Bertz CT molecular complexity index is 1610. The summed E-state index contributed by atoms with van der Waals surface area (Å²) >= 11 is 0. The van der Waals surface area contributed by atoms with Crippen LogP contribution in [0.4, 0.5) is 0 Å². The van der Waals surface area contributed by atoms with Crippen LogP contribution in [0.25, 0.3) is 0 Å². The number of carbonyl (C=O) groups excluding carboxylic acids is 3. The van der Waals surface area contributed by atoms with Crippen LogP contribution in [0.2, 0.25) is 0 Å². The van der Waals surface area contributed by atoms with Gasteiger partial charge in [-0.05, 0) is 128 Å². The summed E-state index contributed by atoms with van der Waals surface area (Å²) in [4.78, 5) is 38.0. The summed E-state index contributed by atoms with van der Waals surface area (Å²) in [5.41, 5.74) is 0. The van der Waals surface area contributed by atoms with Crippen molar-refractivity contribution in [2.75, 3.05) is 13.2 Å². The number of allylic oxidation sites excluding steroid dienone is 26. The Morgan fingerprint density at radius 3 is 1.01 bits per heavy atom. The lowest BCUT2D eigenvalue weighted by Crippen LogP contribution is -2.30. The fourth-order valence-corrected chi connectivity index (χ4v) is 6.53. The van der Waals surface area contributed by atoms with Crippen molar-refractivity contribution in [2.24, 2.45) is 0 Å². The number of esters is 3. The second-order valence-electron chi connectivity index (χ2n) is 17.0. The molecule has 0 spiro atoms. The van der Waals surface area contributed by atoms with Crippen LogP contribution in [0.5, 0.6) is 0 Å². The van der Waals surface area contributed by atoms with Gasteiger partial charge in [0.1, 0.15) is 13.2 Å². The largest absolute Gasteiger partial charge is 0.462 e. The maximum absolute atomic E-state index is 12.8. The SMILES string of the molecule is CC/C=C\C/C=C\C/C=C\C/C=C\C/C=C\C/C=C\CCC(=O)OC[C@@H](COC(=O)CCCCCCC/C=C\C/C=C\C/C=C\CC)OC(=O)CCC/C=C\C/C=C\C/C=C\C/C=C\CCCCC. The summed E-state index contributed by atoms with van der Waals surface area (Å²) in [6.45, 7) is 6.23. The third kappa shape index (κ3) is 53.8. The molecule has 1 atom stereocenters. The molecule has 0 saturated carbocycles. The average molecular weight is 949 g/mol. The average Bonchev–Trinajstić information content (AvgIpc) is 3.35. The van der Waals surface area contributed by atoms with Crippen molar-refractivity contribution < 1.29 is 28.6 Å². The van der Waals surface area contributed by atoms with E-state index in [4.69, 9.17) is 14.2 Å². The number of ether oxygens (including phenoxy) is 3. The molecule has 0 aliphatic heterocycles. The summed E-state index contributed by atoms with van der Waals surface area (Å²) < 4.78 is 16.7. The predicted octanol–water partition coefficient (Wildman–Crippen LogP) is 18.2. The normalized spacial score (nSPS) is 13.4. The van der Waals surface area contributed by atoms with E-state index in [0.717, 1.165) is 122 Å². The second kappa shape index (κ2) is 55.6. The Kier molecular flexibility index (Phi) is 51.6. The van der Waals surface area contributed by atoms with Crippen LogP contribution in [0.1, 0.15) is 201 Å². The minimum atomic E-state index is -0.853. The summed E-state index contributed by atoms with van der Waals surface area (Å²) in [5.74, 6) is -1.11. The molecule has 0 aliphatic rings. The molecule has 0 aliphatic carbocycles. The monoisotopic (exact) mass is 949 g/mol. The minimum Gasteiger partial charge on any atom is -0.462 e. The van der Waals surface area contributed by atoms with Gasteiger partial charge in [0.2, 0.25) is 0 Å². The molecule has 0 heterocycles. The maximum Gasteiger partial charge on any atom is 0.306 e. The Morgan fingerprint density at radius 2 is 0.609 bits per heavy atom. The third-order valence-corrected chi connectivity index (χ3v) is 10.5. The molecule has 384 valence electrons. The van der Waals surface area contributed by atoms with Gasteiger partial charge in [0.15, 0.2) is 6.10 Å². The van der Waals surface area contributed by atoms with Crippen molar-refractivity contribution in [1.82, 2.24) is 0 Å². The lowest BCUT2D eigenvalue weighted by atomic mass is 10.1. The zero-order chi connectivity index (χ0) is 50.0. The van der Waals surface area contributed by atoms with E-state index in [2.05, 4.69) is 167 Å². The van der Waals surface area contributed by atoms with E-state index < -0.39 is 12.1 Å². The Labute approximate surface area is 422 Å². The highest BCUT2D eigenvalue weighted by Crippen LogP contribution is 2.11. The molecule has 0 bridgehead atoms. The minimum absolute atomic E-state index is 0.140. The van der Waals surface area contributed by atoms with Crippen LogP contribution in [0.3, 0.4) is 0 Å². The first kappa shape index (κ1) is 64.0. The molecule has 0 radical (unpaired) electrons. The number of hydrogen-bond acceptors (Lipinski definition) is 6. The van der Waals surface area contributed by atoms with Crippen LogP contribution < -0.4 is 0 Å². The van der Waals surface area contributed by atoms with E-state index >= 15 is 0 Å². The molecule has 6 heteroatoms. The van der Waals surface area contributed by atoms with Crippen molar-refractivity contribution in [2.45, 2.75) is 207 Å². The van der Waals surface area contributed by atoms with E-state index in [1.165, 1.54) is 25.7 Å². The van der Waals surface area contributed by atoms with Crippen molar-refractivity contribution >= 4 is 17.9 Å². The second-order valence-corrected chi connectivity index (χ2v) is 17.0. The van der Waals surface area contributed by atoms with Crippen molar-refractivity contribution in [1.29, 1.82) is 0 Å². The molecular formula is C63H96O6. The fraction of sp³-hybridized carbons (Fsp3) is 0.540. The number of rotatable bonds is 46. The van der Waals surface area contributed by atoms with Gasteiger partial charge >= 0.3 is 17.9 Å².